The molecule has 1 aromatic carbocycles. The quantitative estimate of drug-likeness (QED) is 0.480. The summed E-state index contributed by atoms with van der Waals surface area (Å²) in [6.07, 6.45) is 2.67. The summed E-state index contributed by atoms with van der Waals surface area (Å²) in [7, 11) is 2.07. The topological polar surface area (TPSA) is 58.3 Å². The highest BCUT2D eigenvalue weighted by molar-refractivity contribution is 7.07. The Morgan fingerprint density at radius 2 is 2.07 bits per heavy atom. The molecule has 0 unspecified atom stereocenters. The van der Waals surface area contributed by atoms with Gasteiger partial charge in [-0.05, 0) is 28.0 Å². The summed E-state index contributed by atoms with van der Waals surface area (Å²) in [5.41, 5.74) is 2.50. The van der Waals surface area contributed by atoms with Crippen molar-refractivity contribution in [3.63, 3.8) is 0 Å². The van der Waals surface area contributed by atoms with E-state index >= 15 is 0 Å². The van der Waals surface area contributed by atoms with E-state index in [1.54, 1.807) is 17.7 Å². The van der Waals surface area contributed by atoms with Gasteiger partial charge in [-0.15, -0.1) is 10.2 Å². The fourth-order valence-corrected chi connectivity index (χ4v) is 3.48. The first-order valence-electron chi connectivity index (χ1n) is 9.17. The molecule has 0 aliphatic carbocycles. The molecule has 0 bridgehead atoms. The van der Waals surface area contributed by atoms with Gasteiger partial charge in [-0.3, -0.25) is 0 Å². The number of aliphatic imine (C=N–C) groups is 1. The van der Waals surface area contributed by atoms with Crippen molar-refractivity contribution in [1.29, 1.82) is 0 Å². The zero-order valence-electron chi connectivity index (χ0n) is 15.9. The van der Waals surface area contributed by atoms with Crippen LogP contribution >= 0.6 is 11.3 Å². The lowest BCUT2D eigenvalue weighted by atomic mass is 10.2. The lowest BCUT2D eigenvalue weighted by Crippen LogP contribution is -2.40. The summed E-state index contributed by atoms with van der Waals surface area (Å²) in [5.74, 6) is 1.90. The molecule has 0 saturated carbocycles. The van der Waals surface area contributed by atoms with Crippen molar-refractivity contribution >= 4 is 17.3 Å². The number of aromatic nitrogens is 3. The van der Waals surface area contributed by atoms with E-state index < -0.39 is 0 Å². The molecule has 0 spiro atoms. The summed E-state index contributed by atoms with van der Waals surface area (Å²) in [4.78, 5) is 6.99. The molecule has 0 aliphatic heterocycles. The van der Waals surface area contributed by atoms with Gasteiger partial charge in [-0.1, -0.05) is 37.3 Å². The Morgan fingerprint density at radius 3 is 2.81 bits per heavy atom. The molecule has 3 rings (SSSR count). The van der Waals surface area contributed by atoms with Gasteiger partial charge in [-0.25, -0.2) is 4.99 Å². The second-order valence-electron chi connectivity index (χ2n) is 6.33. The van der Waals surface area contributed by atoms with Crippen molar-refractivity contribution in [3.8, 4) is 0 Å². The minimum Gasteiger partial charge on any atom is -0.354 e. The molecule has 0 saturated heterocycles. The Morgan fingerprint density at radius 1 is 1.22 bits per heavy atom. The molecule has 0 aliphatic rings. The monoisotopic (exact) mass is 382 g/mol. The van der Waals surface area contributed by atoms with Crippen LogP contribution in [0.2, 0.25) is 0 Å². The van der Waals surface area contributed by atoms with Crippen molar-refractivity contribution in [1.82, 2.24) is 25.0 Å². The Bertz CT molecular complexity index is 825. The van der Waals surface area contributed by atoms with Crippen LogP contribution in [0.25, 0.3) is 0 Å². The van der Waals surface area contributed by atoms with Gasteiger partial charge in [0.1, 0.15) is 12.2 Å². The number of guanidine groups is 1. The minimum absolute atomic E-state index is 0.657. The van der Waals surface area contributed by atoms with Crippen LogP contribution in [0, 0.1) is 0 Å². The molecule has 0 amide bonds. The second-order valence-corrected chi connectivity index (χ2v) is 7.11. The van der Waals surface area contributed by atoms with Gasteiger partial charge in [0.05, 0.1) is 6.54 Å². The fraction of sp³-hybridized carbons (Fsp3) is 0.350. The van der Waals surface area contributed by atoms with Crippen molar-refractivity contribution in [2.24, 2.45) is 4.99 Å². The average Bonchev–Trinajstić information content (AvgIpc) is 3.36. The summed E-state index contributed by atoms with van der Waals surface area (Å²) < 4.78 is 2.08. The number of rotatable bonds is 8. The van der Waals surface area contributed by atoms with Crippen LogP contribution in [0.4, 0.5) is 0 Å². The molecule has 2 aromatic heterocycles. The molecule has 0 radical (unpaired) electrons. The van der Waals surface area contributed by atoms with Crippen molar-refractivity contribution in [3.05, 3.63) is 70.4 Å². The number of benzene rings is 1. The maximum Gasteiger partial charge on any atom is 0.194 e. The van der Waals surface area contributed by atoms with Gasteiger partial charge in [0.25, 0.3) is 0 Å². The van der Waals surface area contributed by atoms with Crippen LogP contribution in [0.15, 0.2) is 58.5 Å². The van der Waals surface area contributed by atoms with E-state index in [9.17, 15) is 0 Å². The minimum atomic E-state index is 0.657. The lowest BCUT2D eigenvalue weighted by Gasteiger charge is -2.22. The van der Waals surface area contributed by atoms with Crippen LogP contribution in [0.5, 0.6) is 0 Å². The van der Waals surface area contributed by atoms with Crippen LogP contribution < -0.4 is 5.32 Å². The van der Waals surface area contributed by atoms with E-state index in [4.69, 9.17) is 4.99 Å². The largest absolute Gasteiger partial charge is 0.354 e. The maximum atomic E-state index is 4.83. The van der Waals surface area contributed by atoms with E-state index in [0.29, 0.717) is 6.54 Å². The van der Waals surface area contributed by atoms with Crippen LogP contribution in [-0.2, 0) is 26.1 Å². The highest BCUT2D eigenvalue weighted by Crippen LogP contribution is 2.09. The third-order valence-corrected chi connectivity index (χ3v) is 5.00. The zero-order valence-corrected chi connectivity index (χ0v) is 16.7. The van der Waals surface area contributed by atoms with Crippen molar-refractivity contribution < 1.29 is 0 Å². The first-order chi connectivity index (χ1) is 13.3. The van der Waals surface area contributed by atoms with Gasteiger partial charge >= 0.3 is 0 Å². The molecule has 0 atom stereocenters. The molecule has 6 nitrogen and oxygen atoms in total. The fourth-order valence-electron chi connectivity index (χ4n) is 2.82. The third-order valence-electron chi connectivity index (χ3n) is 4.26. The van der Waals surface area contributed by atoms with Gasteiger partial charge in [-0.2, -0.15) is 11.3 Å². The molecule has 7 heteroatoms. The lowest BCUT2D eigenvalue weighted by molar-refractivity contribution is 0.471. The van der Waals surface area contributed by atoms with E-state index in [2.05, 4.69) is 67.9 Å². The Hall–Kier alpha value is -2.67. The van der Waals surface area contributed by atoms with Crippen LogP contribution in [-0.4, -0.2) is 39.2 Å². The van der Waals surface area contributed by atoms with Crippen molar-refractivity contribution in [2.45, 2.75) is 33.0 Å². The first-order valence-corrected chi connectivity index (χ1v) is 10.1. The molecule has 0 fully saturated rings. The predicted octanol–water partition coefficient (Wildman–Crippen LogP) is 3.18. The van der Waals surface area contributed by atoms with Crippen LogP contribution in [0.3, 0.4) is 0 Å². The molecule has 1 N–H and O–H groups in total. The molecule has 2 heterocycles. The van der Waals surface area contributed by atoms with E-state index in [0.717, 1.165) is 37.8 Å². The van der Waals surface area contributed by atoms with Crippen molar-refractivity contribution in [2.75, 3.05) is 13.6 Å². The average molecular weight is 383 g/mol. The zero-order chi connectivity index (χ0) is 18.9. The molecule has 3 aromatic rings. The maximum absolute atomic E-state index is 4.83. The number of nitrogens with one attached hydrogen (secondary N) is 1. The number of aryl methyl sites for hydroxylation is 1. The van der Waals surface area contributed by atoms with Gasteiger partial charge in [0.15, 0.2) is 5.96 Å². The van der Waals surface area contributed by atoms with E-state index in [1.165, 1.54) is 11.1 Å². The highest BCUT2D eigenvalue weighted by Gasteiger charge is 2.08. The molecule has 27 heavy (non-hydrogen) atoms. The summed E-state index contributed by atoms with van der Waals surface area (Å²) in [6, 6.07) is 12.5. The summed E-state index contributed by atoms with van der Waals surface area (Å²) >= 11 is 1.72. The number of nitrogens with zero attached hydrogens (tertiary/aromatic N) is 5. The summed E-state index contributed by atoms with van der Waals surface area (Å²) in [5, 5.41) is 15.9. The SMILES string of the molecule is CCc1nncn1CCNC(=NCc1ccccc1)N(C)Cc1ccsc1. The molecular weight excluding hydrogens is 356 g/mol. The highest BCUT2D eigenvalue weighted by atomic mass is 32.1. The molecular formula is C20H26N6S. The van der Waals surface area contributed by atoms with E-state index in [1.807, 2.05) is 18.2 Å². The Balaban J connectivity index is 1.64. The Kier molecular flexibility index (Phi) is 6.98. The van der Waals surface area contributed by atoms with Crippen LogP contribution in [0.1, 0.15) is 23.9 Å². The van der Waals surface area contributed by atoms with Gasteiger partial charge < -0.3 is 14.8 Å². The van der Waals surface area contributed by atoms with Gasteiger partial charge in [0.2, 0.25) is 0 Å². The smallest absolute Gasteiger partial charge is 0.194 e. The van der Waals surface area contributed by atoms with Gasteiger partial charge in [0, 0.05) is 33.1 Å². The van der Waals surface area contributed by atoms with E-state index in [-0.39, 0.29) is 0 Å². The predicted molar refractivity (Wildman–Crippen MR) is 111 cm³/mol. The first kappa shape index (κ1) is 19.1. The number of hydrogen-bond donors (Lipinski definition) is 1. The number of thiophene rings is 1. The molecule has 142 valence electrons. The Labute approximate surface area is 164 Å². The normalized spacial score (nSPS) is 11.6. The third kappa shape index (κ3) is 5.65. The second kappa shape index (κ2) is 9.87. The standard InChI is InChI=1S/C20H26N6S/c1-3-19-24-23-16-26(19)11-10-21-20(22-13-17-7-5-4-6-8-17)25(2)14-18-9-12-27-15-18/h4-9,12,15-16H,3,10-11,13-14H2,1-2H3,(H,21,22). The number of hydrogen-bond acceptors (Lipinski definition) is 4. The summed E-state index contributed by atoms with van der Waals surface area (Å²) in [6.45, 7) is 5.16.